The number of ether oxygens (including phenoxy) is 1. The van der Waals surface area contributed by atoms with E-state index in [0.717, 1.165) is 37.1 Å². The van der Waals surface area contributed by atoms with Crippen molar-refractivity contribution in [2.24, 2.45) is 16.9 Å². The maximum Gasteiger partial charge on any atom is 0.407 e. The number of alkyl carbamates (subject to hydrolysis) is 1. The third-order valence-electron chi connectivity index (χ3n) is 4.08. The summed E-state index contributed by atoms with van der Waals surface area (Å²) in [6.45, 7) is 7.64. The number of aryl methyl sites for hydroxylation is 1. The molecule has 2 rings (SSSR count). The number of rotatable bonds is 3. The Morgan fingerprint density at radius 3 is 2.48 bits per heavy atom. The average Bonchev–Trinajstić information content (AvgIpc) is 2.86. The standard InChI is InChI=1S/C17H28N4O2/c1-11-9-14(19-10-11)15(21-18)12-5-7-13(8-6-12)20-16(22)23-17(2,3)4/h9-10,12-13,19H,5-8,18H2,1-4H3,(H,20,22)/b21-15+. The first-order valence-electron chi connectivity index (χ1n) is 8.21. The highest BCUT2D eigenvalue weighted by molar-refractivity contribution is 6.00. The zero-order valence-electron chi connectivity index (χ0n) is 14.5. The van der Waals surface area contributed by atoms with Crippen molar-refractivity contribution in [1.29, 1.82) is 0 Å². The van der Waals surface area contributed by atoms with E-state index in [1.54, 1.807) is 0 Å². The predicted molar refractivity (Wildman–Crippen MR) is 91.4 cm³/mol. The summed E-state index contributed by atoms with van der Waals surface area (Å²) in [7, 11) is 0. The van der Waals surface area contributed by atoms with Crippen molar-refractivity contribution in [3.05, 3.63) is 23.5 Å². The first-order valence-corrected chi connectivity index (χ1v) is 8.21. The van der Waals surface area contributed by atoms with Crippen molar-refractivity contribution in [3.8, 4) is 0 Å². The number of nitrogens with one attached hydrogen (secondary N) is 2. The van der Waals surface area contributed by atoms with Crippen molar-refractivity contribution in [2.45, 2.75) is 65.0 Å². The molecule has 1 aliphatic carbocycles. The van der Waals surface area contributed by atoms with Gasteiger partial charge in [0.05, 0.1) is 11.4 Å². The van der Waals surface area contributed by atoms with E-state index in [1.807, 2.05) is 33.9 Å². The van der Waals surface area contributed by atoms with Crippen LogP contribution in [0.3, 0.4) is 0 Å². The summed E-state index contributed by atoms with van der Waals surface area (Å²) >= 11 is 0. The molecule has 6 nitrogen and oxygen atoms in total. The SMILES string of the molecule is Cc1c[nH]c(/C(=N/N)C2CCC(NC(=O)OC(C)(C)C)CC2)c1. The molecule has 1 aromatic heterocycles. The van der Waals surface area contributed by atoms with Crippen LogP contribution in [0.1, 0.15) is 57.7 Å². The van der Waals surface area contributed by atoms with Crippen LogP contribution in [0.25, 0.3) is 0 Å². The molecule has 0 radical (unpaired) electrons. The molecule has 1 fully saturated rings. The molecule has 23 heavy (non-hydrogen) atoms. The summed E-state index contributed by atoms with van der Waals surface area (Å²) < 4.78 is 5.31. The Kier molecular flexibility index (Phi) is 5.34. The van der Waals surface area contributed by atoms with Gasteiger partial charge in [-0.25, -0.2) is 4.79 Å². The van der Waals surface area contributed by atoms with Gasteiger partial charge >= 0.3 is 6.09 Å². The van der Waals surface area contributed by atoms with Crippen LogP contribution in [-0.2, 0) is 4.74 Å². The van der Waals surface area contributed by atoms with Gasteiger partial charge in [-0.3, -0.25) is 0 Å². The van der Waals surface area contributed by atoms with Crippen LogP contribution in [-0.4, -0.2) is 28.4 Å². The summed E-state index contributed by atoms with van der Waals surface area (Å²) in [4.78, 5) is 15.1. The summed E-state index contributed by atoms with van der Waals surface area (Å²) in [6, 6.07) is 2.22. The molecule has 0 unspecified atom stereocenters. The highest BCUT2D eigenvalue weighted by Gasteiger charge is 2.28. The number of aromatic nitrogens is 1. The zero-order chi connectivity index (χ0) is 17.0. The van der Waals surface area contributed by atoms with E-state index in [1.165, 1.54) is 5.56 Å². The summed E-state index contributed by atoms with van der Waals surface area (Å²) in [5.74, 6) is 5.94. The van der Waals surface area contributed by atoms with Gasteiger partial charge in [0.15, 0.2) is 0 Å². The first-order chi connectivity index (χ1) is 10.8. The monoisotopic (exact) mass is 320 g/mol. The van der Waals surface area contributed by atoms with Gasteiger partial charge in [0.1, 0.15) is 5.60 Å². The molecule has 0 saturated heterocycles. The molecule has 6 heteroatoms. The zero-order valence-corrected chi connectivity index (χ0v) is 14.5. The van der Waals surface area contributed by atoms with Crippen LogP contribution in [0, 0.1) is 12.8 Å². The molecule has 0 spiro atoms. The molecular weight excluding hydrogens is 292 g/mol. The van der Waals surface area contributed by atoms with Crippen molar-refractivity contribution < 1.29 is 9.53 Å². The molecule has 0 aliphatic heterocycles. The third-order valence-corrected chi connectivity index (χ3v) is 4.08. The fraction of sp³-hybridized carbons (Fsp3) is 0.647. The van der Waals surface area contributed by atoms with Gasteiger partial charge in [-0.15, -0.1) is 0 Å². The lowest BCUT2D eigenvalue weighted by Crippen LogP contribution is -2.41. The number of nitrogens with zero attached hydrogens (tertiary/aromatic N) is 1. The molecule has 128 valence electrons. The maximum atomic E-state index is 11.8. The lowest BCUT2D eigenvalue weighted by atomic mass is 9.82. The van der Waals surface area contributed by atoms with Crippen LogP contribution < -0.4 is 11.2 Å². The van der Waals surface area contributed by atoms with E-state index in [4.69, 9.17) is 10.6 Å². The normalized spacial score (nSPS) is 22.7. The predicted octanol–water partition coefficient (Wildman–Crippen LogP) is 3.07. The molecule has 1 heterocycles. The lowest BCUT2D eigenvalue weighted by Gasteiger charge is -2.30. The minimum atomic E-state index is -0.466. The second-order valence-electron chi connectivity index (χ2n) is 7.30. The van der Waals surface area contributed by atoms with Gasteiger partial charge in [0.2, 0.25) is 0 Å². The number of hydrogen-bond acceptors (Lipinski definition) is 4. The number of aromatic amines is 1. The van der Waals surface area contributed by atoms with Gasteiger partial charge in [-0.1, -0.05) is 0 Å². The molecule has 1 saturated carbocycles. The highest BCUT2D eigenvalue weighted by atomic mass is 16.6. The topological polar surface area (TPSA) is 92.5 Å². The van der Waals surface area contributed by atoms with E-state index in [0.29, 0.717) is 5.92 Å². The van der Waals surface area contributed by atoms with E-state index < -0.39 is 5.60 Å². The van der Waals surface area contributed by atoms with Crippen molar-refractivity contribution >= 4 is 11.8 Å². The number of hydrogen-bond donors (Lipinski definition) is 3. The Labute approximate surface area is 137 Å². The Morgan fingerprint density at radius 1 is 1.35 bits per heavy atom. The molecule has 4 N–H and O–H groups in total. The molecular formula is C17H28N4O2. The van der Waals surface area contributed by atoms with E-state index in [2.05, 4.69) is 21.5 Å². The highest BCUT2D eigenvalue weighted by Crippen LogP contribution is 2.28. The fourth-order valence-electron chi connectivity index (χ4n) is 3.03. The van der Waals surface area contributed by atoms with E-state index in [9.17, 15) is 4.79 Å². The Morgan fingerprint density at radius 2 is 2.00 bits per heavy atom. The van der Waals surface area contributed by atoms with Gasteiger partial charge in [0.25, 0.3) is 0 Å². The fourth-order valence-corrected chi connectivity index (χ4v) is 3.03. The number of carbonyl (C=O) groups is 1. The van der Waals surface area contributed by atoms with Crippen molar-refractivity contribution in [1.82, 2.24) is 10.3 Å². The second-order valence-corrected chi connectivity index (χ2v) is 7.30. The number of amides is 1. The van der Waals surface area contributed by atoms with Crippen LogP contribution in [0.15, 0.2) is 17.4 Å². The number of nitrogens with two attached hydrogens (primary N) is 1. The molecule has 1 amide bonds. The minimum absolute atomic E-state index is 0.158. The summed E-state index contributed by atoms with van der Waals surface area (Å²) in [5, 5.41) is 6.96. The molecule has 1 aliphatic rings. The number of H-pyrrole nitrogens is 1. The van der Waals surface area contributed by atoms with Crippen LogP contribution >= 0.6 is 0 Å². The van der Waals surface area contributed by atoms with E-state index >= 15 is 0 Å². The van der Waals surface area contributed by atoms with E-state index in [-0.39, 0.29) is 12.1 Å². The molecule has 0 aromatic carbocycles. The molecule has 1 aromatic rings. The van der Waals surface area contributed by atoms with Crippen LogP contribution in [0.2, 0.25) is 0 Å². The smallest absolute Gasteiger partial charge is 0.407 e. The Balaban J connectivity index is 1.87. The van der Waals surface area contributed by atoms with Crippen LogP contribution in [0.4, 0.5) is 4.79 Å². The summed E-state index contributed by atoms with van der Waals surface area (Å²) in [5.41, 5.74) is 2.62. The lowest BCUT2D eigenvalue weighted by molar-refractivity contribution is 0.0491. The van der Waals surface area contributed by atoms with Gasteiger partial charge in [-0.05, 0) is 65.0 Å². The third kappa shape index (κ3) is 5.01. The number of hydrazone groups is 1. The molecule has 0 atom stereocenters. The molecule has 0 bridgehead atoms. The largest absolute Gasteiger partial charge is 0.444 e. The summed E-state index contributed by atoms with van der Waals surface area (Å²) in [6.07, 6.45) is 5.33. The Hall–Kier alpha value is -1.98. The quantitative estimate of drug-likeness (QED) is 0.454. The number of carbonyl (C=O) groups excluding carboxylic acids is 1. The average molecular weight is 320 g/mol. The Bertz CT molecular complexity index is 563. The van der Waals surface area contributed by atoms with Gasteiger partial charge in [0, 0.05) is 18.2 Å². The van der Waals surface area contributed by atoms with Gasteiger partial charge < -0.3 is 20.9 Å². The first kappa shape index (κ1) is 17.4. The van der Waals surface area contributed by atoms with Crippen molar-refractivity contribution in [2.75, 3.05) is 0 Å². The van der Waals surface area contributed by atoms with Gasteiger partial charge in [-0.2, -0.15) is 5.10 Å². The van der Waals surface area contributed by atoms with Crippen LogP contribution in [0.5, 0.6) is 0 Å². The second kappa shape index (κ2) is 7.06. The minimum Gasteiger partial charge on any atom is -0.444 e. The van der Waals surface area contributed by atoms with Crippen molar-refractivity contribution in [3.63, 3.8) is 0 Å². The maximum absolute atomic E-state index is 11.8.